The van der Waals surface area contributed by atoms with Crippen LogP contribution in [-0.2, 0) is 0 Å². The summed E-state index contributed by atoms with van der Waals surface area (Å²) < 4.78 is 0. The molecule has 0 spiro atoms. The van der Waals surface area contributed by atoms with E-state index in [1.807, 2.05) is 0 Å². The Labute approximate surface area is 121 Å². The van der Waals surface area contributed by atoms with Gasteiger partial charge < -0.3 is 5.73 Å². The van der Waals surface area contributed by atoms with Crippen LogP contribution in [0.25, 0.3) is 0 Å². The third kappa shape index (κ3) is 3.72. The molecule has 19 heavy (non-hydrogen) atoms. The van der Waals surface area contributed by atoms with E-state index in [2.05, 4.69) is 53.5 Å². The van der Waals surface area contributed by atoms with Crippen LogP contribution in [0, 0.1) is 10.8 Å². The van der Waals surface area contributed by atoms with E-state index in [0.29, 0.717) is 16.9 Å². The molecule has 0 aromatic rings. The first-order chi connectivity index (χ1) is 8.61. The first-order valence-electron chi connectivity index (χ1n) is 8.04. The minimum absolute atomic E-state index is 0.182. The lowest BCUT2D eigenvalue weighted by atomic mass is 9.57. The van der Waals surface area contributed by atoms with Crippen LogP contribution in [0.15, 0.2) is 0 Å². The Morgan fingerprint density at radius 3 is 1.68 bits per heavy atom. The van der Waals surface area contributed by atoms with E-state index in [1.165, 1.54) is 32.1 Å². The molecule has 0 unspecified atom stereocenters. The van der Waals surface area contributed by atoms with Crippen molar-refractivity contribution in [1.29, 1.82) is 0 Å². The molecule has 0 aromatic carbocycles. The second kappa shape index (κ2) is 5.73. The predicted molar refractivity (Wildman–Crippen MR) is 85.3 cm³/mol. The van der Waals surface area contributed by atoms with Gasteiger partial charge in [0.2, 0.25) is 0 Å². The second-order valence-corrected chi connectivity index (χ2v) is 8.37. The standard InChI is InChI=1S/C17H36N2/c1-8-14(9-2)19(7)17(13-18)11-15(3,4)10-16(5,6)12-17/h14H,8-13,18H2,1-7H3. The molecule has 0 heterocycles. The average molecular weight is 268 g/mol. The lowest BCUT2D eigenvalue weighted by Gasteiger charge is -2.57. The summed E-state index contributed by atoms with van der Waals surface area (Å²) in [6.45, 7) is 15.0. The number of nitrogens with zero attached hydrogens (tertiary/aromatic N) is 1. The van der Waals surface area contributed by atoms with Crippen molar-refractivity contribution in [2.24, 2.45) is 16.6 Å². The smallest absolute Gasteiger partial charge is 0.0341 e. The zero-order chi connectivity index (χ0) is 14.9. The van der Waals surface area contributed by atoms with Gasteiger partial charge in [0, 0.05) is 18.1 Å². The monoisotopic (exact) mass is 268 g/mol. The van der Waals surface area contributed by atoms with Crippen molar-refractivity contribution in [3.05, 3.63) is 0 Å². The van der Waals surface area contributed by atoms with Gasteiger partial charge in [0.1, 0.15) is 0 Å². The first kappa shape index (κ1) is 17.0. The molecule has 0 amide bonds. The van der Waals surface area contributed by atoms with Gasteiger partial charge in [-0.25, -0.2) is 0 Å². The largest absolute Gasteiger partial charge is 0.329 e. The van der Waals surface area contributed by atoms with Gasteiger partial charge >= 0.3 is 0 Å². The number of rotatable bonds is 5. The molecular weight excluding hydrogens is 232 g/mol. The van der Waals surface area contributed by atoms with Crippen molar-refractivity contribution in [3.63, 3.8) is 0 Å². The highest BCUT2D eigenvalue weighted by atomic mass is 15.2. The lowest BCUT2D eigenvalue weighted by molar-refractivity contribution is -0.0511. The molecule has 1 aliphatic rings. The molecule has 1 saturated carbocycles. The van der Waals surface area contributed by atoms with E-state index in [0.717, 1.165) is 6.54 Å². The molecule has 1 fully saturated rings. The van der Waals surface area contributed by atoms with E-state index < -0.39 is 0 Å². The van der Waals surface area contributed by atoms with Crippen molar-refractivity contribution in [2.45, 2.75) is 85.2 Å². The lowest BCUT2D eigenvalue weighted by Crippen LogP contribution is -2.61. The van der Waals surface area contributed by atoms with E-state index in [4.69, 9.17) is 5.73 Å². The fraction of sp³-hybridized carbons (Fsp3) is 1.00. The summed E-state index contributed by atoms with van der Waals surface area (Å²) in [5.41, 5.74) is 7.25. The molecule has 1 rings (SSSR count). The number of hydrogen-bond acceptors (Lipinski definition) is 2. The zero-order valence-corrected chi connectivity index (χ0v) is 14.3. The quantitative estimate of drug-likeness (QED) is 0.815. The molecular formula is C17H36N2. The van der Waals surface area contributed by atoms with Crippen LogP contribution in [-0.4, -0.2) is 30.1 Å². The molecule has 2 nitrogen and oxygen atoms in total. The molecule has 1 aliphatic carbocycles. The van der Waals surface area contributed by atoms with Gasteiger partial charge in [0.25, 0.3) is 0 Å². The van der Waals surface area contributed by atoms with Gasteiger partial charge in [-0.3, -0.25) is 4.90 Å². The molecule has 0 radical (unpaired) electrons. The van der Waals surface area contributed by atoms with Crippen molar-refractivity contribution >= 4 is 0 Å². The summed E-state index contributed by atoms with van der Waals surface area (Å²) >= 11 is 0. The SMILES string of the molecule is CCC(CC)N(C)C1(CN)CC(C)(C)CC(C)(C)C1. The Balaban J connectivity index is 3.07. The fourth-order valence-electron chi connectivity index (χ4n) is 5.03. The summed E-state index contributed by atoms with van der Waals surface area (Å²) in [5.74, 6) is 0. The predicted octanol–water partition coefficient (Wildman–Crippen LogP) is 4.04. The topological polar surface area (TPSA) is 29.3 Å². The summed E-state index contributed by atoms with van der Waals surface area (Å²) in [4.78, 5) is 2.62. The van der Waals surface area contributed by atoms with Crippen molar-refractivity contribution in [1.82, 2.24) is 4.90 Å². The van der Waals surface area contributed by atoms with Crippen LogP contribution >= 0.6 is 0 Å². The fourth-order valence-corrected chi connectivity index (χ4v) is 5.03. The zero-order valence-electron chi connectivity index (χ0n) is 14.3. The maximum Gasteiger partial charge on any atom is 0.0341 e. The van der Waals surface area contributed by atoms with Crippen LogP contribution in [0.2, 0.25) is 0 Å². The molecule has 0 aromatic heterocycles. The van der Waals surface area contributed by atoms with Crippen LogP contribution in [0.5, 0.6) is 0 Å². The summed E-state index contributed by atoms with van der Waals surface area (Å²) in [6.07, 6.45) is 6.20. The maximum absolute atomic E-state index is 6.29. The van der Waals surface area contributed by atoms with E-state index in [9.17, 15) is 0 Å². The number of hydrogen-bond donors (Lipinski definition) is 1. The van der Waals surface area contributed by atoms with E-state index in [1.54, 1.807) is 0 Å². The highest BCUT2D eigenvalue weighted by molar-refractivity contribution is 5.04. The van der Waals surface area contributed by atoms with Gasteiger partial charge in [-0.05, 0) is 50.0 Å². The Morgan fingerprint density at radius 2 is 1.37 bits per heavy atom. The number of nitrogens with two attached hydrogens (primary N) is 1. The van der Waals surface area contributed by atoms with Crippen LogP contribution in [0.1, 0.15) is 73.6 Å². The molecule has 0 saturated heterocycles. The number of likely N-dealkylation sites (N-methyl/N-ethyl adjacent to an activating group) is 1. The van der Waals surface area contributed by atoms with Gasteiger partial charge in [-0.1, -0.05) is 41.5 Å². The van der Waals surface area contributed by atoms with E-state index in [-0.39, 0.29) is 5.54 Å². The molecule has 2 N–H and O–H groups in total. The highest BCUT2D eigenvalue weighted by Crippen LogP contribution is 2.52. The van der Waals surface area contributed by atoms with Crippen molar-refractivity contribution in [2.75, 3.05) is 13.6 Å². The minimum Gasteiger partial charge on any atom is -0.329 e. The Morgan fingerprint density at radius 1 is 0.947 bits per heavy atom. The highest BCUT2D eigenvalue weighted by Gasteiger charge is 2.49. The van der Waals surface area contributed by atoms with Crippen LogP contribution in [0.4, 0.5) is 0 Å². The van der Waals surface area contributed by atoms with Crippen molar-refractivity contribution < 1.29 is 0 Å². The molecule has 114 valence electrons. The Hall–Kier alpha value is -0.0800. The van der Waals surface area contributed by atoms with Gasteiger partial charge in [0.05, 0.1) is 0 Å². The van der Waals surface area contributed by atoms with Crippen LogP contribution < -0.4 is 5.73 Å². The Bertz CT molecular complexity index is 274. The third-order valence-corrected chi connectivity index (χ3v) is 5.19. The summed E-state index contributed by atoms with van der Waals surface area (Å²) in [6, 6.07) is 0.660. The molecule has 0 bridgehead atoms. The molecule has 0 aliphatic heterocycles. The Kier molecular flexibility index (Phi) is 5.12. The second-order valence-electron chi connectivity index (χ2n) is 8.37. The third-order valence-electron chi connectivity index (χ3n) is 5.19. The van der Waals surface area contributed by atoms with E-state index >= 15 is 0 Å². The summed E-state index contributed by atoms with van der Waals surface area (Å²) in [7, 11) is 2.31. The normalized spacial score (nSPS) is 24.9. The van der Waals surface area contributed by atoms with Gasteiger partial charge in [0.15, 0.2) is 0 Å². The van der Waals surface area contributed by atoms with Crippen molar-refractivity contribution in [3.8, 4) is 0 Å². The van der Waals surface area contributed by atoms with Crippen LogP contribution in [0.3, 0.4) is 0 Å². The first-order valence-corrected chi connectivity index (χ1v) is 8.04. The molecule has 0 atom stereocenters. The summed E-state index contributed by atoms with van der Waals surface area (Å²) in [5, 5.41) is 0. The molecule has 2 heteroatoms. The maximum atomic E-state index is 6.29. The average Bonchev–Trinajstić information content (AvgIpc) is 2.26. The van der Waals surface area contributed by atoms with Gasteiger partial charge in [-0.15, -0.1) is 0 Å². The minimum atomic E-state index is 0.182. The van der Waals surface area contributed by atoms with Gasteiger partial charge in [-0.2, -0.15) is 0 Å².